The van der Waals surface area contributed by atoms with E-state index in [4.69, 9.17) is 9.47 Å². The summed E-state index contributed by atoms with van der Waals surface area (Å²) < 4.78 is 10.8. The van der Waals surface area contributed by atoms with Gasteiger partial charge in [0.2, 0.25) is 0 Å². The molecule has 2 amide bonds. The number of nitro benzene ring substituents is 1. The number of nitro groups is 1. The molecule has 2 unspecified atom stereocenters. The number of non-ortho nitro benzene ring substituents is 1. The smallest absolute Gasteiger partial charge is 0.416 e. The van der Waals surface area contributed by atoms with Crippen molar-refractivity contribution < 1.29 is 39.0 Å². The van der Waals surface area contributed by atoms with Gasteiger partial charge in [-0.3, -0.25) is 19.9 Å². The molecule has 0 aromatic heterocycles. The summed E-state index contributed by atoms with van der Waals surface area (Å²) in [5.74, 6) is -1.41. The third kappa shape index (κ3) is 4.30. The lowest BCUT2D eigenvalue weighted by atomic mass is 9.91. The molecule has 1 aromatic carbocycles. The van der Waals surface area contributed by atoms with Crippen molar-refractivity contribution >= 4 is 29.5 Å². The third-order valence-electron chi connectivity index (χ3n) is 5.17. The second-order valence-electron chi connectivity index (χ2n) is 10.1. The number of carboxylic acids is 1. The normalized spacial score (nSPS) is 24.2. The molecule has 180 valence electrons. The van der Waals surface area contributed by atoms with Crippen molar-refractivity contribution in [2.24, 2.45) is 0 Å². The van der Waals surface area contributed by atoms with E-state index < -0.39 is 58.5 Å². The van der Waals surface area contributed by atoms with Gasteiger partial charge in [-0.15, -0.1) is 0 Å². The number of carbonyl (C=O) groups excluding carboxylic acids is 2. The molecule has 0 bridgehead atoms. The van der Waals surface area contributed by atoms with E-state index in [-0.39, 0.29) is 16.9 Å². The number of amides is 2. The number of carbonyl (C=O) groups is 3. The summed E-state index contributed by atoms with van der Waals surface area (Å²) in [4.78, 5) is 50.7. The number of likely N-dealkylation sites (tertiary alicyclic amines) is 1. The van der Waals surface area contributed by atoms with E-state index in [0.717, 1.165) is 21.9 Å². The van der Waals surface area contributed by atoms with Crippen LogP contribution in [0.4, 0.5) is 21.0 Å². The largest absolute Gasteiger partial charge is 0.480 e. The van der Waals surface area contributed by atoms with Gasteiger partial charge in [0, 0.05) is 24.1 Å². The molecule has 2 heterocycles. The van der Waals surface area contributed by atoms with Crippen molar-refractivity contribution in [3.63, 3.8) is 0 Å². The van der Waals surface area contributed by atoms with Crippen LogP contribution >= 0.6 is 0 Å². The van der Waals surface area contributed by atoms with E-state index in [0.29, 0.717) is 0 Å². The van der Waals surface area contributed by atoms with Crippen LogP contribution in [0, 0.1) is 10.1 Å². The number of benzene rings is 1. The van der Waals surface area contributed by atoms with Crippen LogP contribution in [0.25, 0.3) is 0 Å². The van der Waals surface area contributed by atoms with Gasteiger partial charge >= 0.3 is 18.2 Å². The number of nitrogens with zero attached hydrogens (tertiary/aromatic N) is 3. The highest BCUT2D eigenvalue weighted by Gasteiger charge is 2.66. The van der Waals surface area contributed by atoms with Crippen molar-refractivity contribution in [1.82, 2.24) is 4.90 Å². The van der Waals surface area contributed by atoms with E-state index in [1.807, 2.05) is 0 Å². The summed E-state index contributed by atoms with van der Waals surface area (Å²) in [5.41, 5.74) is -4.35. The summed E-state index contributed by atoms with van der Waals surface area (Å²) in [7, 11) is 0. The third-order valence-corrected chi connectivity index (χ3v) is 5.17. The molecule has 2 aliphatic rings. The van der Waals surface area contributed by atoms with Gasteiger partial charge in [-0.05, 0) is 47.6 Å². The molecule has 12 heteroatoms. The van der Waals surface area contributed by atoms with Crippen molar-refractivity contribution in [2.75, 3.05) is 4.90 Å². The van der Waals surface area contributed by atoms with Crippen LogP contribution in [-0.4, -0.2) is 61.6 Å². The van der Waals surface area contributed by atoms with Gasteiger partial charge in [0.15, 0.2) is 6.17 Å². The minimum atomic E-state index is -2.03. The Morgan fingerprint density at radius 1 is 1.09 bits per heavy atom. The predicted molar refractivity (Wildman–Crippen MR) is 114 cm³/mol. The molecule has 0 spiro atoms. The molecule has 0 saturated carbocycles. The molecule has 0 radical (unpaired) electrons. The number of rotatable bonds is 2. The first-order valence-electron chi connectivity index (χ1n) is 10.2. The monoisotopic (exact) mass is 465 g/mol. The highest BCUT2D eigenvalue weighted by atomic mass is 16.6. The average Bonchev–Trinajstić information content (AvgIpc) is 3.05. The van der Waals surface area contributed by atoms with E-state index in [9.17, 15) is 34.7 Å². The van der Waals surface area contributed by atoms with Crippen molar-refractivity contribution in [1.29, 1.82) is 0 Å². The van der Waals surface area contributed by atoms with Gasteiger partial charge in [-0.25, -0.2) is 14.4 Å². The summed E-state index contributed by atoms with van der Waals surface area (Å²) >= 11 is 0. The van der Waals surface area contributed by atoms with Crippen LogP contribution in [0.1, 0.15) is 53.5 Å². The zero-order valence-electron chi connectivity index (χ0n) is 19.2. The molecule has 2 aliphatic heterocycles. The summed E-state index contributed by atoms with van der Waals surface area (Å²) in [6.07, 6.45) is -4.09. The number of aliphatic carboxylic acids is 1. The minimum absolute atomic E-state index is 0.0525. The first-order chi connectivity index (χ1) is 15.0. The highest BCUT2D eigenvalue weighted by Crippen LogP contribution is 2.54. The maximum absolute atomic E-state index is 13.2. The van der Waals surface area contributed by atoms with Crippen LogP contribution in [0.3, 0.4) is 0 Å². The molecule has 0 aliphatic carbocycles. The fraction of sp³-hybridized carbons (Fsp3) is 0.571. The fourth-order valence-corrected chi connectivity index (χ4v) is 4.07. The molecule has 1 aromatic rings. The van der Waals surface area contributed by atoms with E-state index in [1.165, 1.54) is 6.07 Å². The lowest BCUT2D eigenvalue weighted by molar-refractivity contribution is -0.384. The molecule has 2 N–H and O–H groups in total. The molecular weight excluding hydrogens is 438 g/mol. The molecular formula is C21H27N3O9. The Bertz CT molecular complexity index is 1030. The first-order valence-corrected chi connectivity index (χ1v) is 10.2. The van der Waals surface area contributed by atoms with Gasteiger partial charge < -0.3 is 19.7 Å². The van der Waals surface area contributed by atoms with Gasteiger partial charge in [-0.1, -0.05) is 0 Å². The van der Waals surface area contributed by atoms with E-state index >= 15 is 0 Å². The average molecular weight is 465 g/mol. The molecule has 12 nitrogen and oxygen atoms in total. The minimum Gasteiger partial charge on any atom is -0.480 e. The Morgan fingerprint density at radius 2 is 1.64 bits per heavy atom. The number of hydrogen-bond donors (Lipinski definition) is 2. The Kier molecular flexibility index (Phi) is 5.57. The maximum Gasteiger partial charge on any atom is 0.416 e. The number of aliphatic hydroxyl groups is 1. The van der Waals surface area contributed by atoms with Crippen LogP contribution in [-0.2, 0) is 19.9 Å². The van der Waals surface area contributed by atoms with Gasteiger partial charge in [0.05, 0.1) is 10.6 Å². The molecule has 3 atom stereocenters. The van der Waals surface area contributed by atoms with E-state index in [2.05, 4.69) is 0 Å². The van der Waals surface area contributed by atoms with Crippen LogP contribution in [0.2, 0.25) is 0 Å². The van der Waals surface area contributed by atoms with E-state index in [1.54, 1.807) is 41.5 Å². The standard InChI is InChI=1S/C21H27N3O9/c1-19(2,3)32-17(27)22-13-9-11(24(30)31)7-8-12(13)21(29)10-14(15(25)26)23(16(21)22)18(28)33-20(4,5)6/h7-9,14,16,29H,10H2,1-6H3,(H,25,26)/t14-,16?,21?/m0/s1. The van der Waals surface area contributed by atoms with Crippen molar-refractivity contribution in [3.05, 3.63) is 33.9 Å². The summed E-state index contributed by atoms with van der Waals surface area (Å²) in [6.45, 7) is 9.55. The number of ether oxygens (including phenoxy) is 2. The second-order valence-corrected chi connectivity index (χ2v) is 10.1. The molecule has 1 saturated heterocycles. The lowest BCUT2D eigenvalue weighted by Crippen LogP contribution is -2.57. The fourth-order valence-electron chi connectivity index (χ4n) is 4.07. The molecule has 3 rings (SSSR count). The summed E-state index contributed by atoms with van der Waals surface area (Å²) in [6, 6.07) is 1.95. The Balaban J connectivity index is 2.22. The van der Waals surface area contributed by atoms with Gasteiger partial charge in [0.25, 0.3) is 5.69 Å². The quantitative estimate of drug-likeness (QED) is 0.494. The first kappa shape index (κ1) is 24.2. The van der Waals surface area contributed by atoms with Gasteiger partial charge in [-0.2, -0.15) is 0 Å². The predicted octanol–water partition coefficient (Wildman–Crippen LogP) is 2.96. The Labute approximate surface area is 189 Å². The maximum atomic E-state index is 13.2. The Morgan fingerprint density at radius 3 is 2.12 bits per heavy atom. The SMILES string of the molecule is CC(C)(C)OC(=O)N1c2cc([N+](=O)[O-])ccc2C2(O)C[C@@H](C(=O)O)N(C(=O)OC(C)(C)C)C12. The zero-order chi connectivity index (χ0) is 25.1. The molecule has 33 heavy (non-hydrogen) atoms. The molecule has 1 fully saturated rings. The lowest BCUT2D eigenvalue weighted by Gasteiger charge is -2.36. The number of fused-ring (bicyclic) bond motifs is 3. The topological polar surface area (TPSA) is 160 Å². The van der Waals surface area contributed by atoms with Crippen LogP contribution in [0.15, 0.2) is 18.2 Å². The summed E-state index contributed by atoms with van der Waals surface area (Å²) in [5, 5.41) is 32.8. The highest BCUT2D eigenvalue weighted by molar-refractivity contribution is 5.95. The number of hydrogen-bond acceptors (Lipinski definition) is 8. The van der Waals surface area contributed by atoms with Crippen LogP contribution < -0.4 is 4.90 Å². The van der Waals surface area contributed by atoms with Gasteiger partial charge in [0.1, 0.15) is 22.8 Å². The van der Waals surface area contributed by atoms with Crippen LogP contribution in [0.5, 0.6) is 0 Å². The van der Waals surface area contributed by atoms with Crippen molar-refractivity contribution in [3.8, 4) is 0 Å². The zero-order valence-corrected chi connectivity index (χ0v) is 19.2. The van der Waals surface area contributed by atoms with Crippen molar-refractivity contribution in [2.45, 2.75) is 77.0 Å². The number of carboxylic acid groups (broad SMARTS) is 1. The Hall–Kier alpha value is -3.41. The number of anilines is 1. The second kappa shape index (κ2) is 7.58.